The lowest BCUT2D eigenvalue weighted by atomic mass is 10.1. The van der Waals surface area contributed by atoms with Crippen LogP contribution in [-0.4, -0.2) is 24.0 Å². The van der Waals surface area contributed by atoms with Crippen LogP contribution in [0.15, 0.2) is 30.8 Å². The molecular formula is C15H18O4. The Morgan fingerprint density at radius 1 is 1.37 bits per heavy atom. The van der Waals surface area contributed by atoms with Gasteiger partial charge in [0.15, 0.2) is 6.29 Å². The van der Waals surface area contributed by atoms with Crippen LogP contribution in [0.4, 0.5) is 0 Å². The van der Waals surface area contributed by atoms with E-state index in [4.69, 9.17) is 14.6 Å². The highest BCUT2D eigenvalue weighted by atomic mass is 16.7. The van der Waals surface area contributed by atoms with Gasteiger partial charge in [0.05, 0.1) is 12.2 Å². The molecule has 4 nitrogen and oxygen atoms in total. The number of carbonyl (C=O) groups is 1. The minimum atomic E-state index is -1.00. The van der Waals surface area contributed by atoms with Crippen molar-refractivity contribution in [1.82, 2.24) is 0 Å². The predicted molar refractivity (Wildman–Crippen MR) is 71.5 cm³/mol. The first-order valence-corrected chi connectivity index (χ1v) is 6.41. The normalized spacial score (nSPS) is 19.1. The van der Waals surface area contributed by atoms with Crippen molar-refractivity contribution in [3.8, 4) is 0 Å². The van der Waals surface area contributed by atoms with E-state index in [1.54, 1.807) is 12.1 Å². The van der Waals surface area contributed by atoms with Crippen molar-refractivity contribution < 1.29 is 19.4 Å². The molecule has 1 aromatic rings. The van der Waals surface area contributed by atoms with Crippen LogP contribution in [0, 0.1) is 0 Å². The first-order valence-electron chi connectivity index (χ1n) is 6.41. The number of aliphatic carboxylic acids is 1. The van der Waals surface area contributed by atoms with Crippen LogP contribution >= 0.6 is 0 Å². The number of hydrogen-bond donors (Lipinski definition) is 1. The molecule has 4 heteroatoms. The monoisotopic (exact) mass is 262 g/mol. The van der Waals surface area contributed by atoms with E-state index in [1.165, 1.54) is 0 Å². The van der Waals surface area contributed by atoms with Crippen molar-refractivity contribution in [2.45, 2.75) is 32.2 Å². The average molecular weight is 262 g/mol. The van der Waals surface area contributed by atoms with Gasteiger partial charge in [-0.1, -0.05) is 30.8 Å². The lowest BCUT2D eigenvalue weighted by molar-refractivity contribution is -0.168. The largest absolute Gasteiger partial charge is 0.478 e. The molecule has 1 atom stereocenters. The number of carboxylic acids is 1. The third-order valence-electron chi connectivity index (χ3n) is 3.13. The zero-order chi connectivity index (χ0) is 13.7. The van der Waals surface area contributed by atoms with Gasteiger partial charge in [0, 0.05) is 6.61 Å². The van der Waals surface area contributed by atoms with Gasteiger partial charge in [-0.15, -0.1) is 0 Å². The van der Waals surface area contributed by atoms with Gasteiger partial charge in [-0.2, -0.15) is 0 Å². The SMILES string of the molecule is C=C(C(=O)O)c1ccc(COC2CCCCO2)cc1. The third kappa shape index (κ3) is 3.91. The molecule has 102 valence electrons. The van der Waals surface area contributed by atoms with Crippen LogP contribution in [0.25, 0.3) is 5.57 Å². The number of benzene rings is 1. The topological polar surface area (TPSA) is 55.8 Å². The van der Waals surface area contributed by atoms with E-state index in [2.05, 4.69) is 6.58 Å². The van der Waals surface area contributed by atoms with E-state index in [9.17, 15) is 4.79 Å². The van der Waals surface area contributed by atoms with Crippen LogP contribution in [0.5, 0.6) is 0 Å². The minimum absolute atomic E-state index is 0.100. The maximum atomic E-state index is 10.8. The fourth-order valence-electron chi connectivity index (χ4n) is 1.96. The molecule has 0 bridgehead atoms. The summed E-state index contributed by atoms with van der Waals surface area (Å²) in [6.45, 7) is 4.77. The standard InChI is InChI=1S/C15H18O4/c1-11(15(16)17)13-7-5-12(6-8-13)10-19-14-4-2-3-9-18-14/h5-8,14H,1-4,9-10H2,(H,16,17). The fraction of sp³-hybridized carbons (Fsp3) is 0.400. The van der Waals surface area contributed by atoms with Crippen molar-refractivity contribution in [1.29, 1.82) is 0 Å². The molecule has 1 aliphatic heterocycles. The van der Waals surface area contributed by atoms with Crippen molar-refractivity contribution in [2.24, 2.45) is 0 Å². The van der Waals surface area contributed by atoms with E-state index in [0.717, 1.165) is 31.4 Å². The van der Waals surface area contributed by atoms with Crippen LogP contribution in [0.2, 0.25) is 0 Å². The molecule has 0 aromatic heterocycles. The summed E-state index contributed by atoms with van der Waals surface area (Å²) in [5.74, 6) is -1.00. The van der Waals surface area contributed by atoms with E-state index < -0.39 is 5.97 Å². The average Bonchev–Trinajstić information content (AvgIpc) is 2.46. The molecule has 0 radical (unpaired) electrons. The second-order valence-corrected chi connectivity index (χ2v) is 4.59. The van der Waals surface area contributed by atoms with Gasteiger partial charge in [-0.25, -0.2) is 4.79 Å². The summed E-state index contributed by atoms with van der Waals surface area (Å²) in [5, 5.41) is 8.84. The Bertz CT molecular complexity index is 444. The quantitative estimate of drug-likeness (QED) is 0.829. The smallest absolute Gasteiger partial charge is 0.335 e. The molecule has 0 aliphatic carbocycles. The molecule has 1 unspecified atom stereocenters. The van der Waals surface area contributed by atoms with Crippen LogP contribution in [0.3, 0.4) is 0 Å². The number of ether oxygens (including phenoxy) is 2. The Kier molecular flexibility index (Phi) is 4.71. The Balaban J connectivity index is 1.87. The van der Waals surface area contributed by atoms with Crippen molar-refractivity contribution >= 4 is 11.5 Å². The molecule has 2 rings (SSSR count). The Morgan fingerprint density at radius 2 is 2.11 bits per heavy atom. The number of carboxylic acid groups (broad SMARTS) is 1. The van der Waals surface area contributed by atoms with Gasteiger partial charge in [0.25, 0.3) is 0 Å². The molecular weight excluding hydrogens is 244 g/mol. The molecule has 1 aliphatic rings. The summed E-state index contributed by atoms with van der Waals surface area (Å²) in [4.78, 5) is 10.8. The van der Waals surface area contributed by atoms with E-state index in [-0.39, 0.29) is 11.9 Å². The lowest BCUT2D eigenvalue weighted by Gasteiger charge is -2.22. The molecule has 1 fully saturated rings. The summed E-state index contributed by atoms with van der Waals surface area (Å²) in [6.07, 6.45) is 3.07. The molecule has 0 spiro atoms. The summed E-state index contributed by atoms with van der Waals surface area (Å²) >= 11 is 0. The highest BCUT2D eigenvalue weighted by Crippen LogP contribution is 2.17. The highest BCUT2D eigenvalue weighted by Gasteiger charge is 2.14. The maximum Gasteiger partial charge on any atom is 0.335 e. The molecule has 0 amide bonds. The summed E-state index contributed by atoms with van der Waals surface area (Å²) < 4.78 is 11.1. The summed E-state index contributed by atoms with van der Waals surface area (Å²) in [5.41, 5.74) is 1.71. The molecule has 19 heavy (non-hydrogen) atoms. The molecule has 1 aromatic carbocycles. The zero-order valence-corrected chi connectivity index (χ0v) is 10.8. The first-order chi connectivity index (χ1) is 9.16. The summed E-state index contributed by atoms with van der Waals surface area (Å²) in [6, 6.07) is 7.20. The number of rotatable bonds is 5. The van der Waals surface area contributed by atoms with Crippen molar-refractivity contribution in [3.05, 3.63) is 42.0 Å². The van der Waals surface area contributed by atoms with Gasteiger partial charge >= 0.3 is 5.97 Å². The second-order valence-electron chi connectivity index (χ2n) is 4.59. The van der Waals surface area contributed by atoms with Crippen molar-refractivity contribution in [2.75, 3.05) is 6.61 Å². The first kappa shape index (κ1) is 13.8. The maximum absolute atomic E-state index is 10.8. The van der Waals surface area contributed by atoms with Crippen LogP contribution in [-0.2, 0) is 20.9 Å². The minimum Gasteiger partial charge on any atom is -0.478 e. The fourth-order valence-corrected chi connectivity index (χ4v) is 1.96. The Labute approximate surface area is 112 Å². The zero-order valence-electron chi connectivity index (χ0n) is 10.8. The van der Waals surface area contributed by atoms with E-state index in [1.807, 2.05) is 12.1 Å². The Hall–Kier alpha value is -1.65. The number of hydrogen-bond acceptors (Lipinski definition) is 3. The van der Waals surface area contributed by atoms with Crippen LogP contribution in [0.1, 0.15) is 30.4 Å². The molecule has 0 saturated carbocycles. The second kappa shape index (κ2) is 6.50. The van der Waals surface area contributed by atoms with Crippen molar-refractivity contribution in [3.63, 3.8) is 0 Å². The van der Waals surface area contributed by atoms with Gasteiger partial charge in [-0.05, 0) is 30.4 Å². The van der Waals surface area contributed by atoms with Gasteiger partial charge in [0.1, 0.15) is 0 Å². The summed E-state index contributed by atoms with van der Waals surface area (Å²) in [7, 11) is 0. The lowest BCUT2D eigenvalue weighted by Crippen LogP contribution is -2.21. The van der Waals surface area contributed by atoms with E-state index >= 15 is 0 Å². The van der Waals surface area contributed by atoms with Gasteiger partial charge in [-0.3, -0.25) is 0 Å². The van der Waals surface area contributed by atoms with Gasteiger partial charge in [0.2, 0.25) is 0 Å². The van der Waals surface area contributed by atoms with Gasteiger partial charge < -0.3 is 14.6 Å². The molecule has 1 saturated heterocycles. The Morgan fingerprint density at radius 3 is 2.68 bits per heavy atom. The highest BCUT2D eigenvalue weighted by molar-refractivity contribution is 6.14. The third-order valence-corrected chi connectivity index (χ3v) is 3.13. The molecule has 1 N–H and O–H groups in total. The molecule has 1 heterocycles. The van der Waals surface area contributed by atoms with E-state index in [0.29, 0.717) is 12.2 Å². The predicted octanol–water partition coefficient (Wildman–Crippen LogP) is 2.83. The van der Waals surface area contributed by atoms with Crippen LogP contribution < -0.4 is 0 Å².